The molecule has 2 aromatic carbocycles. The summed E-state index contributed by atoms with van der Waals surface area (Å²) in [5.41, 5.74) is 1.99. The molecule has 6 nitrogen and oxygen atoms in total. The van der Waals surface area contributed by atoms with E-state index in [2.05, 4.69) is 6.07 Å². The normalized spacial score (nSPS) is 16.1. The third-order valence-corrected chi connectivity index (χ3v) is 7.24. The van der Waals surface area contributed by atoms with Gasteiger partial charge in [-0.1, -0.05) is 30.3 Å². The van der Waals surface area contributed by atoms with Gasteiger partial charge >= 0.3 is 0 Å². The van der Waals surface area contributed by atoms with Crippen molar-refractivity contribution >= 4 is 40.4 Å². The lowest BCUT2D eigenvalue weighted by molar-refractivity contribution is -0.132. The minimum atomic E-state index is -0.222. The van der Waals surface area contributed by atoms with Crippen LogP contribution in [0.1, 0.15) is 40.0 Å². The molecule has 0 spiro atoms. The highest BCUT2D eigenvalue weighted by Crippen LogP contribution is 2.31. The van der Waals surface area contributed by atoms with Gasteiger partial charge in [0.15, 0.2) is 0 Å². The van der Waals surface area contributed by atoms with Crippen molar-refractivity contribution in [2.45, 2.75) is 30.7 Å². The second-order valence-electron chi connectivity index (χ2n) is 8.24. The summed E-state index contributed by atoms with van der Waals surface area (Å²) in [7, 11) is 0. The Bertz CT molecular complexity index is 1160. The molecule has 5 rings (SSSR count). The van der Waals surface area contributed by atoms with E-state index in [-0.39, 0.29) is 17.7 Å². The summed E-state index contributed by atoms with van der Waals surface area (Å²) < 4.78 is 2.02. The Hall–Kier alpha value is -3.06. The average Bonchev–Trinajstić information content (AvgIpc) is 3.30. The third-order valence-electron chi connectivity index (χ3n) is 6.22. The van der Waals surface area contributed by atoms with Gasteiger partial charge in [-0.05, 0) is 37.5 Å². The molecule has 0 N–H and O–H groups in total. The maximum atomic E-state index is 12.8. The molecule has 32 heavy (non-hydrogen) atoms. The fourth-order valence-electron chi connectivity index (χ4n) is 4.54. The molecule has 164 valence electrons. The van der Waals surface area contributed by atoms with Crippen LogP contribution in [0.3, 0.4) is 0 Å². The molecule has 3 aromatic rings. The van der Waals surface area contributed by atoms with Gasteiger partial charge in [0.25, 0.3) is 11.8 Å². The van der Waals surface area contributed by atoms with Crippen LogP contribution in [-0.4, -0.2) is 57.5 Å². The summed E-state index contributed by atoms with van der Waals surface area (Å²) in [6.45, 7) is 2.38. The number of nitrogens with zero attached hydrogens (tertiary/aromatic N) is 3. The molecule has 3 heterocycles. The molecule has 0 unspecified atom stereocenters. The lowest BCUT2D eigenvalue weighted by Crippen LogP contribution is -2.37. The zero-order valence-corrected chi connectivity index (χ0v) is 18.6. The number of likely N-dealkylation sites (tertiary alicyclic amines) is 1. The van der Waals surface area contributed by atoms with Crippen molar-refractivity contribution in [3.05, 3.63) is 65.9 Å². The Kier molecular flexibility index (Phi) is 5.74. The van der Waals surface area contributed by atoms with Gasteiger partial charge in [-0.15, -0.1) is 11.8 Å². The van der Waals surface area contributed by atoms with Crippen LogP contribution < -0.4 is 0 Å². The quantitative estimate of drug-likeness (QED) is 0.423. The van der Waals surface area contributed by atoms with Crippen LogP contribution >= 0.6 is 11.8 Å². The molecule has 7 heteroatoms. The topological polar surface area (TPSA) is 62.6 Å². The zero-order chi connectivity index (χ0) is 22.1. The number of fused-ring (bicyclic) bond motifs is 2. The van der Waals surface area contributed by atoms with Crippen molar-refractivity contribution in [3.8, 4) is 0 Å². The molecular formula is C25H25N3O3S. The summed E-state index contributed by atoms with van der Waals surface area (Å²) in [5.74, 6) is 0.314. The van der Waals surface area contributed by atoms with Gasteiger partial charge in [0.1, 0.15) is 6.54 Å². The van der Waals surface area contributed by atoms with E-state index >= 15 is 0 Å². The largest absolute Gasteiger partial charge is 0.341 e. The van der Waals surface area contributed by atoms with Gasteiger partial charge < -0.3 is 9.47 Å². The fourth-order valence-corrected chi connectivity index (χ4v) is 5.56. The molecule has 0 aliphatic carbocycles. The van der Waals surface area contributed by atoms with E-state index in [0.29, 0.717) is 30.0 Å². The average molecular weight is 448 g/mol. The number of hydrogen-bond acceptors (Lipinski definition) is 4. The molecular weight excluding hydrogens is 422 g/mol. The van der Waals surface area contributed by atoms with Crippen LogP contribution in [0.15, 0.2) is 59.6 Å². The van der Waals surface area contributed by atoms with Gasteiger partial charge in [0.05, 0.1) is 11.1 Å². The Morgan fingerprint density at radius 3 is 2.25 bits per heavy atom. The summed E-state index contributed by atoms with van der Waals surface area (Å²) in [6, 6.07) is 15.0. The highest BCUT2D eigenvalue weighted by Gasteiger charge is 2.34. The molecule has 1 saturated heterocycles. The van der Waals surface area contributed by atoms with Crippen LogP contribution in [0.2, 0.25) is 0 Å². The summed E-state index contributed by atoms with van der Waals surface area (Å²) in [4.78, 5) is 42.3. The molecule has 0 bridgehead atoms. The summed E-state index contributed by atoms with van der Waals surface area (Å²) >= 11 is 1.61. The van der Waals surface area contributed by atoms with Crippen LogP contribution in [-0.2, 0) is 11.3 Å². The molecule has 0 saturated carbocycles. The Morgan fingerprint density at radius 2 is 1.53 bits per heavy atom. The van der Waals surface area contributed by atoms with E-state index in [9.17, 15) is 14.4 Å². The van der Waals surface area contributed by atoms with E-state index in [1.165, 1.54) is 11.3 Å². The van der Waals surface area contributed by atoms with E-state index in [1.54, 1.807) is 36.0 Å². The first-order valence-electron chi connectivity index (χ1n) is 11.1. The number of hydrogen-bond donors (Lipinski definition) is 0. The Balaban J connectivity index is 1.28. The van der Waals surface area contributed by atoms with E-state index in [1.807, 2.05) is 33.9 Å². The fraction of sp³-hybridized carbons (Fsp3) is 0.320. The molecule has 1 aromatic heterocycles. The summed E-state index contributed by atoms with van der Waals surface area (Å²) in [5, 5.41) is 1.09. The van der Waals surface area contributed by atoms with Crippen molar-refractivity contribution in [1.29, 1.82) is 0 Å². The van der Waals surface area contributed by atoms with E-state index in [4.69, 9.17) is 0 Å². The van der Waals surface area contributed by atoms with E-state index in [0.717, 1.165) is 41.7 Å². The van der Waals surface area contributed by atoms with Crippen LogP contribution in [0.5, 0.6) is 0 Å². The van der Waals surface area contributed by atoms with Gasteiger partial charge in [0.2, 0.25) is 5.91 Å². The van der Waals surface area contributed by atoms with Crippen molar-refractivity contribution in [2.24, 2.45) is 0 Å². The number of carbonyl (C=O) groups is 3. The number of benzene rings is 2. The van der Waals surface area contributed by atoms with Crippen molar-refractivity contribution in [2.75, 3.05) is 25.4 Å². The number of para-hydroxylation sites is 1. The maximum Gasteiger partial charge on any atom is 0.261 e. The predicted molar refractivity (Wildman–Crippen MR) is 125 cm³/mol. The Labute approximate surface area is 191 Å². The minimum Gasteiger partial charge on any atom is -0.341 e. The zero-order valence-electron chi connectivity index (χ0n) is 17.8. The predicted octanol–water partition coefficient (Wildman–Crippen LogP) is 4.04. The van der Waals surface area contributed by atoms with Crippen molar-refractivity contribution in [1.82, 2.24) is 14.4 Å². The molecule has 1 fully saturated rings. The van der Waals surface area contributed by atoms with Gasteiger partial charge in [-0.25, -0.2) is 0 Å². The second-order valence-corrected chi connectivity index (χ2v) is 9.37. The second kappa shape index (κ2) is 8.82. The smallest absolute Gasteiger partial charge is 0.261 e. The molecule has 2 aliphatic rings. The SMILES string of the molecule is O=C(Cn1cc(SCCN2C(=O)c3ccccc3C2=O)c2ccccc21)N1CCCCC1. The molecule has 2 aliphatic heterocycles. The highest BCUT2D eigenvalue weighted by molar-refractivity contribution is 7.99. The van der Waals surface area contributed by atoms with E-state index < -0.39 is 0 Å². The van der Waals surface area contributed by atoms with Crippen LogP contribution in [0.25, 0.3) is 10.9 Å². The lowest BCUT2D eigenvalue weighted by Gasteiger charge is -2.27. The number of thioether (sulfide) groups is 1. The van der Waals surface area contributed by atoms with Crippen LogP contribution in [0, 0.1) is 0 Å². The number of rotatable bonds is 6. The van der Waals surface area contributed by atoms with Gasteiger partial charge in [-0.2, -0.15) is 0 Å². The first kappa shape index (κ1) is 20.8. The molecule has 0 atom stereocenters. The van der Waals surface area contributed by atoms with Crippen molar-refractivity contribution < 1.29 is 14.4 Å². The first-order valence-corrected chi connectivity index (χ1v) is 12.1. The van der Waals surface area contributed by atoms with Crippen molar-refractivity contribution in [3.63, 3.8) is 0 Å². The van der Waals surface area contributed by atoms with Gasteiger partial charge in [0, 0.05) is 47.4 Å². The summed E-state index contributed by atoms with van der Waals surface area (Å²) in [6.07, 6.45) is 5.39. The lowest BCUT2D eigenvalue weighted by atomic mass is 10.1. The highest BCUT2D eigenvalue weighted by atomic mass is 32.2. The molecule has 3 amide bonds. The number of aromatic nitrogens is 1. The maximum absolute atomic E-state index is 12.8. The standard InChI is InChI=1S/C25H25N3O3S/c29-23(26-12-6-1-7-13-26)17-27-16-22(20-10-4-5-11-21(20)27)32-15-14-28-24(30)18-8-2-3-9-19(18)25(28)31/h2-5,8-11,16H,1,6-7,12-15,17H2. The number of carbonyl (C=O) groups excluding carboxylic acids is 3. The Morgan fingerprint density at radius 1 is 0.875 bits per heavy atom. The monoisotopic (exact) mass is 447 g/mol. The van der Waals surface area contributed by atoms with Crippen LogP contribution in [0.4, 0.5) is 0 Å². The number of piperidine rings is 1. The third kappa shape index (κ3) is 3.81. The molecule has 0 radical (unpaired) electrons. The van der Waals surface area contributed by atoms with Gasteiger partial charge in [-0.3, -0.25) is 19.3 Å². The number of imide groups is 1. The number of amides is 3. The minimum absolute atomic E-state index is 0.160. The first-order chi connectivity index (χ1) is 15.6.